The molecule has 1 saturated carbocycles. The van der Waals surface area contributed by atoms with Crippen LogP contribution in [0.15, 0.2) is 24.4 Å². The van der Waals surface area contributed by atoms with E-state index < -0.39 is 34.8 Å². The Bertz CT molecular complexity index is 1310. The molecule has 3 aliphatic rings. The molecule has 2 atom stereocenters. The summed E-state index contributed by atoms with van der Waals surface area (Å²) in [6.07, 6.45) is 9.73. The van der Waals surface area contributed by atoms with E-state index in [1.807, 2.05) is 6.07 Å². The molecule has 3 heterocycles. The van der Waals surface area contributed by atoms with Crippen molar-refractivity contribution in [1.29, 1.82) is 0 Å². The molecule has 1 aromatic heterocycles. The SMILES string of the molecule is Nc1cn(C2CCC(CCCCCCCNc3cccc4c3C[N+]([O-])(C3CCC(=O)NC3=O)C4=O)CC2)nc1C(F)F. The molecule has 0 radical (unpaired) electrons. The minimum atomic E-state index is -2.65. The standard InChI is InChI=1S/C30H40F2N6O4/c31-28(32)27-23(33)17-37(36-27)20-12-10-19(11-13-20)7-4-2-1-3-5-16-34-24-9-6-8-21-22(24)18-38(42,30(21)41)25-14-15-26(39)35-29(25)40/h6,8-9,17,19-20,25,28,34H,1-5,7,10-16,18,33H2,(H,35,39,40). The van der Waals surface area contributed by atoms with Gasteiger partial charge in [0.1, 0.15) is 6.54 Å². The number of halogens is 2. The number of rotatable bonds is 12. The number of hydrogen-bond donors (Lipinski definition) is 3. The third-order valence-corrected chi connectivity index (χ3v) is 9.15. The molecule has 228 valence electrons. The molecule has 42 heavy (non-hydrogen) atoms. The normalized spacial score (nSPS) is 26.0. The predicted molar refractivity (Wildman–Crippen MR) is 153 cm³/mol. The van der Waals surface area contributed by atoms with E-state index in [1.54, 1.807) is 23.0 Å². The number of fused-ring (bicyclic) bond motifs is 1. The smallest absolute Gasteiger partial charge is 0.347 e. The molecule has 2 aliphatic heterocycles. The lowest BCUT2D eigenvalue weighted by Gasteiger charge is -2.42. The number of nitrogens with one attached hydrogen (secondary N) is 2. The molecule has 0 spiro atoms. The van der Waals surface area contributed by atoms with E-state index in [0.717, 1.165) is 63.6 Å². The Kier molecular flexibility index (Phi) is 9.22. The van der Waals surface area contributed by atoms with E-state index in [2.05, 4.69) is 15.7 Å². The Morgan fingerprint density at radius 1 is 1.07 bits per heavy atom. The maximum atomic E-state index is 13.6. The van der Waals surface area contributed by atoms with E-state index in [0.29, 0.717) is 17.0 Å². The van der Waals surface area contributed by atoms with Gasteiger partial charge in [0.25, 0.3) is 12.3 Å². The van der Waals surface area contributed by atoms with Crippen LogP contribution in [0.4, 0.5) is 20.2 Å². The number of hydroxylamine groups is 3. The van der Waals surface area contributed by atoms with E-state index in [-0.39, 0.29) is 36.8 Å². The number of nitrogens with zero attached hydrogens (tertiary/aromatic N) is 3. The summed E-state index contributed by atoms with van der Waals surface area (Å²) >= 11 is 0. The number of hydrogen-bond acceptors (Lipinski definition) is 7. The van der Waals surface area contributed by atoms with Crippen LogP contribution < -0.4 is 16.4 Å². The molecule has 10 nitrogen and oxygen atoms in total. The van der Waals surface area contributed by atoms with E-state index in [9.17, 15) is 28.4 Å². The fourth-order valence-electron chi connectivity index (χ4n) is 6.75. The summed E-state index contributed by atoms with van der Waals surface area (Å²) in [7, 11) is 0. The van der Waals surface area contributed by atoms with Gasteiger partial charge < -0.3 is 16.3 Å². The van der Waals surface area contributed by atoms with Crippen LogP contribution in [0.3, 0.4) is 0 Å². The monoisotopic (exact) mass is 586 g/mol. The molecule has 1 saturated heterocycles. The van der Waals surface area contributed by atoms with Crippen LogP contribution in [0.1, 0.15) is 111 Å². The van der Waals surface area contributed by atoms with E-state index >= 15 is 0 Å². The van der Waals surface area contributed by atoms with Crippen LogP contribution in [-0.2, 0) is 16.1 Å². The van der Waals surface area contributed by atoms with E-state index in [1.165, 1.54) is 12.8 Å². The van der Waals surface area contributed by atoms with Crippen molar-refractivity contribution < 1.29 is 27.8 Å². The van der Waals surface area contributed by atoms with Crippen LogP contribution in [0.25, 0.3) is 0 Å². The zero-order chi connectivity index (χ0) is 29.9. The Labute approximate surface area is 244 Å². The zero-order valence-electron chi connectivity index (χ0n) is 23.8. The minimum Gasteiger partial charge on any atom is -0.624 e. The van der Waals surface area contributed by atoms with Crippen molar-refractivity contribution in [2.24, 2.45) is 5.92 Å². The summed E-state index contributed by atoms with van der Waals surface area (Å²) in [5.41, 5.74) is 7.18. The number of aromatic nitrogens is 2. The fraction of sp³-hybridized carbons (Fsp3) is 0.600. The number of piperidine rings is 1. The molecule has 4 N–H and O–H groups in total. The third-order valence-electron chi connectivity index (χ3n) is 9.15. The van der Waals surface area contributed by atoms with Crippen LogP contribution >= 0.6 is 0 Å². The molecular formula is C30H40F2N6O4. The molecular weight excluding hydrogens is 546 g/mol. The second kappa shape index (κ2) is 12.9. The molecule has 12 heteroatoms. The molecule has 3 amide bonds. The second-order valence-electron chi connectivity index (χ2n) is 12.0. The van der Waals surface area contributed by atoms with Crippen LogP contribution in [0.5, 0.6) is 0 Å². The van der Waals surface area contributed by atoms with Gasteiger partial charge in [-0.05, 0) is 50.2 Å². The lowest BCUT2D eigenvalue weighted by molar-refractivity contribution is -0.825. The topological polar surface area (TPSA) is 142 Å². The summed E-state index contributed by atoms with van der Waals surface area (Å²) < 4.78 is 26.3. The first-order valence-corrected chi connectivity index (χ1v) is 15.1. The van der Waals surface area contributed by atoms with Gasteiger partial charge in [-0.15, -0.1) is 0 Å². The number of imide groups is 1. The van der Waals surface area contributed by atoms with Gasteiger partial charge in [0.15, 0.2) is 11.7 Å². The van der Waals surface area contributed by atoms with E-state index in [4.69, 9.17) is 5.73 Å². The van der Waals surface area contributed by atoms with Gasteiger partial charge in [0.2, 0.25) is 5.91 Å². The maximum Gasteiger partial charge on any atom is 0.347 e. The van der Waals surface area contributed by atoms with Gasteiger partial charge in [-0.1, -0.05) is 38.2 Å². The summed E-state index contributed by atoms with van der Waals surface area (Å²) in [5.74, 6) is -1.04. The first-order chi connectivity index (χ1) is 20.2. The predicted octanol–water partition coefficient (Wildman–Crippen LogP) is 5.36. The largest absolute Gasteiger partial charge is 0.624 e. The number of quaternary nitrogens is 1. The van der Waals surface area contributed by atoms with Crippen LogP contribution in [-0.4, -0.2) is 44.7 Å². The van der Waals surface area contributed by atoms with Gasteiger partial charge in [-0.25, -0.2) is 13.6 Å². The molecule has 5 rings (SSSR count). The number of benzene rings is 1. The van der Waals surface area contributed by atoms with Gasteiger partial charge in [0, 0.05) is 36.8 Å². The summed E-state index contributed by atoms with van der Waals surface area (Å²) in [5, 5.41) is 23.2. The number of carbonyl (C=O) groups excluding carboxylic acids is 3. The van der Waals surface area contributed by atoms with Gasteiger partial charge in [-0.2, -0.15) is 5.10 Å². The molecule has 0 bridgehead atoms. The number of alkyl halides is 2. The lowest BCUT2D eigenvalue weighted by Crippen LogP contribution is -2.60. The highest BCUT2D eigenvalue weighted by molar-refractivity contribution is 6.02. The van der Waals surface area contributed by atoms with Crippen LogP contribution in [0.2, 0.25) is 0 Å². The molecule has 1 aliphatic carbocycles. The van der Waals surface area contributed by atoms with Crippen molar-refractivity contribution in [3.8, 4) is 0 Å². The summed E-state index contributed by atoms with van der Waals surface area (Å²) in [6, 6.07) is 4.28. The van der Waals surface area contributed by atoms with Crippen molar-refractivity contribution in [2.45, 2.75) is 102 Å². The first kappa shape index (κ1) is 30.1. The Hall–Kier alpha value is -3.38. The van der Waals surface area contributed by atoms with Gasteiger partial charge in [-0.3, -0.25) is 24.2 Å². The number of carbonyl (C=O) groups is 3. The lowest BCUT2D eigenvalue weighted by atomic mass is 9.83. The van der Waals surface area contributed by atoms with Crippen molar-refractivity contribution >= 4 is 29.1 Å². The fourth-order valence-corrected chi connectivity index (χ4v) is 6.75. The highest BCUT2D eigenvalue weighted by atomic mass is 19.3. The average molecular weight is 587 g/mol. The number of nitrogen functional groups attached to an aromatic ring is 1. The summed E-state index contributed by atoms with van der Waals surface area (Å²) in [4.78, 5) is 36.9. The maximum absolute atomic E-state index is 13.6. The third kappa shape index (κ3) is 6.34. The van der Waals surface area contributed by atoms with Crippen molar-refractivity contribution in [3.63, 3.8) is 0 Å². The molecule has 1 aromatic carbocycles. The second-order valence-corrected chi connectivity index (χ2v) is 12.0. The number of unbranched alkanes of at least 4 members (excludes halogenated alkanes) is 4. The number of anilines is 2. The minimum absolute atomic E-state index is 0.0583. The Morgan fingerprint density at radius 3 is 2.52 bits per heavy atom. The molecule has 2 aromatic rings. The highest BCUT2D eigenvalue weighted by Crippen LogP contribution is 2.38. The molecule has 2 unspecified atom stereocenters. The van der Waals surface area contributed by atoms with Gasteiger partial charge in [0.05, 0.1) is 17.3 Å². The highest BCUT2D eigenvalue weighted by Gasteiger charge is 2.50. The average Bonchev–Trinajstić information content (AvgIpc) is 3.48. The number of nitrogens with two attached hydrogens (primary N) is 1. The van der Waals surface area contributed by atoms with Crippen molar-refractivity contribution in [1.82, 2.24) is 15.1 Å². The quantitative estimate of drug-likeness (QED) is 0.132. The number of amides is 3. The van der Waals surface area contributed by atoms with Crippen molar-refractivity contribution in [3.05, 3.63) is 46.4 Å². The van der Waals surface area contributed by atoms with Crippen molar-refractivity contribution in [2.75, 3.05) is 17.6 Å². The zero-order valence-corrected chi connectivity index (χ0v) is 23.8. The Morgan fingerprint density at radius 2 is 1.81 bits per heavy atom. The first-order valence-electron chi connectivity index (χ1n) is 15.1. The molecule has 2 fully saturated rings. The Balaban J connectivity index is 0.987. The van der Waals surface area contributed by atoms with Crippen LogP contribution in [0, 0.1) is 11.1 Å². The summed E-state index contributed by atoms with van der Waals surface area (Å²) in [6.45, 7) is 0.607. The van der Waals surface area contributed by atoms with Gasteiger partial charge >= 0.3 is 5.91 Å².